The topological polar surface area (TPSA) is 108 Å². The zero-order valence-electron chi connectivity index (χ0n) is 14.1. The number of hydrogen-bond acceptors (Lipinski definition) is 6. The minimum absolute atomic E-state index is 0.151. The molecule has 0 radical (unpaired) electrons. The molecule has 2 atom stereocenters. The second-order valence-electron chi connectivity index (χ2n) is 5.69. The average molecular weight is 348 g/mol. The molecule has 25 heavy (non-hydrogen) atoms. The predicted octanol–water partition coefficient (Wildman–Crippen LogP) is 2.83. The molecule has 0 spiro atoms. The Morgan fingerprint density at radius 3 is 2.72 bits per heavy atom. The van der Waals surface area contributed by atoms with E-state index in [1.807, 2.05) is 12.2 Å². The molecule has 0 saturated carbocycles. The van der Waals surface area contributed by atoms with Crippen molar-refractivity contribution in [2.45, 2.75) is 32.3 Å². The van der Waals surface area contributed by atoms with Gasteiger partial charge in [-0.3, -0.25) is 19.7 Å². The van der Waals surface area contributed by atoms with E-state index in [9.17, 15) is 19.7 Å². The van der Waals surface area contributed by atoms with E-state index in [-0.39, 0.29) is 23.0 Å². The SMILES string of the molecule is COc1cc([N+](=O)[O-])ccc1NC(=O)[C@H](C)OC(=O)[C@@H]1CC=CCC1. The first-order chi connectivity index (χ1) is 11.9. The van der Waals surface area contributed by atoms with Gasteiger partial charge in [-0.05, 0) is 32.3 Å². The van der Waals surface area contributed by atoms with Crippen molar-refractivity contribution in [3.05, 3.63) is 40.5 Å². The molecule has 1 aliphatic carbocycles. The van der Waals surface area contributed by atoms with Crippen LogP contribution >= 0.6 is 0 Å². The molecule has 0 saturated heterocycles. The molecule has 1 aromatic rings. The van der Waals surface area contributed by atoms with Gasteiger partial charge in [0.2, 0.25) is 0 Å². The molecule has 0 unspecified atom stereocenters. The predicted molar refractivity (Wildman–Crippen MR) is 90.3 cm³/mol. The van der Waals surface area contributed by atoms with Crippen LogP contribution in [0.25, 0.3) is 0 Å². The number of nitro groups is 1. The van der Waals surface area contributed by atoms with Gasteiger partial charge in [-0.15, -0.1) is 0 Å². The van der Waals surface area contributed by atoms with Gasteiger partial charge in [0, 0.05) is 6.07 Å². The number of nitrogens with zero attached hydrogens (tertiary/aromatic N) is 1. The minimum atomic E-state index is -0.988. The number of ether oxygens (including phenoxy) is 2. The van der Waals surface area contributed by atoms with Crippen molar-refractivity contribution in [1.29, 1.82) is 0 Å². The number of hydrogen-bond donors (Lipinski definition) is 1. The van der Waals surface area contributed by atoms with Gasteiger partial charge in [0.05, 0.1) is 29.7 Å². The van der Waals surface area contributed by atoms with Crippen LogP contribution in [0.15, 0.2) is 30.4 Å². The number of carbonyl (C=O) groups is 2. The van der Waals surface area contributed by atoms with Gasteiger partial charge < -0.3 is 14.8 Å². The van der Waals surface area contributed by atoms with Crippen LogP contribution in [-0.2, 0) is 14.3 Å². The van der Waals surface area contributed by atoms with E-state index < -0.39 is 22.9 Å². The lowest BCUT2D eigenvalue weighted by atomic mass is 9.95. The van der Waals surface area contributed by atoms with Gasteiger partial charge in [-0.25, -0.2) is 0 Å². The third-order valence-electron chi connectivity index (χ3n) is 3.92. The quantitative estimate of drug-likeness (QED) is 0.366. The molecule has 0 aromatic heterocycles. The van der Waals surface area contributed by atoms with E-state index in [1.165, 1.54) is 32.2 Å². The molecule has 1 N–H and O–H groups in total. The number of benzene rings is 1. The first kappa shape index (κ1) is 18.4. The van der Waals surface area contributed by atoms with Crippen LogP contribution in [0.3, 0.4) is 0 Å². The van der Waals surface area contributed by atoms with E-state index >= 15 is 0 Å². The molecule has 1 aliphatic rings. The van der Waals surface area contributed by atoms with Crippen LogP contribution in [0.5, 0.6) is 5.75 Å². The van der Waals surface area contributed by atoms with Crippen LogP contribution in [0.4, 0.5) is 11.4 Å². The number of allylic oxidation sites excluding steroid dienone is 2. The lowest BCUT2D eigenvalue weighted by Gasteiger charge is -2.20. The molecular weight excluding hydrogens is 328 g/mol. The Balaban J connectivity index is 1.99. The zero-order valence-corrected chi connectivity index (χ0v) is 14.1. The monoisotopic (exact) mass is 348 g/mol. The normalized spacial score (nSPS) is 17.4. The smallest absolute Gasteiger partial charge is 0.310 e. The molecule has 0 fully saturated rings. The summed E-state index contributed by atoms with van der Waals surface area (Å²) in [4.78, 5) is 34.5. The Bertz CT molecular complexity index is 700. The summed E-state index contributed by atoms with van der Waals surface area (Å²) in [5.41, 5.74) is 0.112. The van der Waals surface area contributed by atoms with Gasteiger partial charge in [0.25, 0.3) is 11.6 Å². The number of carbonyl (C=O) groups excluding carboxylic acids is 2. The minimum Gasteiger partial charge on any atom is -0.494 e. The molecule has 8 heteroatoms. The highest BCUT2D eigenvalue weighted by Gasteiger charge is 2.25. The standard InChI is InChI=1S/C17H20N2O6/c1-11(25-17(21)12-6-4-3-5-7-12)16(20)18-14-9-8-13(19(22)23)10-15(14)24-2/h3-4,8-12H,5-7H2,1-2H3,(H,18,20)/t11-,12+/m0/s1. The maximum atomic E-state index is 12.2. The number of amides is 1. The molecule has 0 bridgehead atoms. The fourth-order valence-corrected chi connectivity index (χ4v) is 2.46. The highest BCUT2D eigenvalue weighted by molar-refractivity contribution is 5.96. The molecule has 0 aliphatic heterocycles. The van der Waals surface area contributed by atoms with E-state index in [0.29, 0.717) is 12.8 Å². The Morgan fingerprint density at radius 2 is 2.12 bits per heavy atom. The number of rotatable bonds is 6. The van der Waals surface area contributed by atoms with E-state index in [2.05, 4.69) is 5.32 Å². The molecule has 8 nitrogen and oxygen atoms in total. The van der Waals surface area contributed by atoms with Crippen LogP contribution in [0, 0.1) is 16.0 Å². The molecule has 0 heterocycles. The summed E-state index contributed by atoms with van der Waals surface area (Å²) in [7, 11) is 1.34. The third kappa shape index (κ3) is 4.79. The highest BCUT2D eigenvalue weighted by atomic mass is 16.6. The first-order valence-corrected chi connectivity index (χ1v) is 7.91. The summed E-state index contributed by atoms with van der Waals surface area (Å²) in [6.07, 6.45) is 5.10. The number of esters is 1. The summed E-state index contributed by atoms with van der Waals surface area (Å²) in [5.74, 6) is -1.01. The summed E-state index contributed by atoms with van der Waals surface area (Å²) < 4.78 is 10.3. The Morgan fingerprint density at radius 1 is 1.36 bits per heavy atom. The Labute approximate surface area is 145 Å². The van der Waals surface area contributed by atoms with Gasteiger partial charge >= 0.3 is 5.97 Å². The third-order valence-corrected chi connectivity index (χ3v) is 3.92. The van der Waals surface area contributed by atoms with Gasteiger partial charge in [-0.1, -0.05) is 12.2 Å². The van der Waals surface area contributed by atoms with Crippen molar-refractivity contribution >= 4 is 23.3 Å². The largest absolute Gasteiger partial charge is 0.494 e. The number of anilines is 1. The van der Waals surface area contributed by atoms with Gasteiger partial charge in [0.15, 0.2) is 6.10 Å². The molecule has 1 aromatic carbocycles. The number of nitrogens with one attached hydrogen (secondary N) is 1. The fourth-order valence-electron chi connectivity index (χ4n) is 2.46. The summed E-state index contributed by atoms with van der Waals surface area (Å²) in [6.45, 7) is 1.48. The van der Waals surface area contributed by atoms with E-state index in [0.717, 1.165) is 6.42 Å². The molecular formula is C17H20N2O6. The van der Waals surface area contributed by atoms with Crippen molar-refractivity contribution < 1.29 is 24.0 Å². The van der Waals surface area contributed by atoms with Crippen molar-refractivity contribution in [2.75, 3.05) is 12.4 Å². The van der Waals surface area contributed by atoms with Crippen molar-refractivity contribution in [3.8, 4) is 5.75 Å². The van der Waals surface area contributed by atoms with Gasteiger partial charge in [0.1, 0.15) is 5.75 Å². The van der Waals surface area contributed by atoms with E-state index in [1.54, 1.807) is 0 Å². The van der Waals surface area contributed by atoms with Crippen LogP contribution in [0.2, 0.25) is 0 Å². The molecule has 1 amide bonds. The summed E-state index contributed by atoms with van der Waals surface area (Å²) in [5, 5.41) is 13.3. The number of non-ortho nitro benzene ring substituents is 1. The fraction of sp³-hybridized carbons (Fsp3) is 0.412. The molecule has 134 valence electrons. The van der Waals surface area contributed by atoms with Gasteiger partial charge in [-0.2, -0.15) is 0 Å². The highest BCUT2D eigenvalue weighted by Crippen LogP contribution is 2.29. The lowest BCUT2D eigenvalue weighted by molar-refractivity contribution is -0.384. The van der Waals surface area contributed by atoms with Crippen LogP contribution in [-0.4, -0.2) is 30.0 Å². The van der Waals surface area contributed by atoms with Crippen molar-refractivity contribution in [3.63, 3.8) is 0 Å². The second-order valence-corrected chi connectivity index (χ2v) is 5.69. The summed E-state index contributed by atoms with van der Waals surface area (Å²) >= 11 is 0. The maximum absolute atomic E-state index is 12.2. The zero-order chi connectivity index (χ0) is 18.4. The molecule has 2 rings (SSSR count). The van der Waals surface area contributed by atoms with Crippen LogP contribution < -0.4 is 10.1 Å². The van der Waals surface area contributed by atoms with E-state index in [4.69, 9.17) is 9.47 Å². The van der Waals surface area contributed by atoms with Crippen molar-refractivity contribution in [1.82, 2.24) is 0 Å². The average Bonchev–Trinajstić information content (AvgIpc) is 2.62. The second kappa shape index (κ2) is 8.27. The lowest BCUT2D eigenvalue weighted by Crippen LogP contribution is -2.32. The number of methoxy groups -OCH3 is 1. The Kier molecular flexibility index (Phi) is 6.10. The van der Waals surface area contributed by atoms with Crippen molar-refractivity contribution in [2.24, 2.45) is 5.92 Å². The maximum Gasteiger partial charge on any atom is 0.310 e. The Hall–Kier alpha value is -2.90. The summed E-state index contributed by atoms with van der Waals surface area (Å²) in [6, 6.07) is 3.83. The first-order valence-electron chi connectivity index (χ1n) is 7.91. The van der Waals surface area contributed by atoms with Crippen LogP contribution in [0.1, 0.15) is 26.2 Å². The number of nitro benzene ring substituents is 1.